The van der Waals surface area contributed by atoms with E-state index in [4.69, 9.17) is 0 Å². The number of halogens is 2. The molecule has 0 saturated carbocycles. The number of nitrogens with zero attached hydrogens (tertiary/aromatic N) is 2. The maximum atomic E-state index is 14.4. The predicted molar refractivity (Wildman–Crippen MR) is 80.4 cm³/mol. The van der Waals surface area contributed by atoms with Crippen LogP contribution in [0.4, 0.5) is 14.6 Å². The lowest BCUT2D eigenvalue weighted by atomic mass is 9.95. The molecule has 1 heterocycles. The van der Waals surface area contributed by atoms with Gasteiger partial charge in [-0.3, -0.25) is 0 Å². The molecule has 1 N–H and O–H groups in total. The Morgan fingerprint density at radius 3 is 2.52 bits per heavy atom. The molecule has 0 atom stereocenters. The number of hydrogen-bond donors (Lipinski definition) is 1. The second-order valence-corrected chi connectivity index (χ2v) is 5.22. The smallest absolute Gasteiger partial charge is 0.138 e. The van der Waals surface area contributed by atoms with Gasteiger partial charge >= 0.3 is 0 Å². The molecular formula is C16H19F2N3. The summed E-state index contributed by atoms with van der Waals surface area (Å²) < 4.78 is 28.5. The van der Waals surface area contributed by atoms with Crippen molar-refractivity contribution in [2.45, 2.75) is 33.6 Å². The first-order chi connectivity index (χ1) is 9.97. The highest BCUT2D eigenvalue weighted by Crippen LogP contribution is 2.35. The Bertz CT molecular complexity index is 654. The van der Waals surface area contributed by atoms with Crippen molar-refractivity contribution < 1.29 is 8.78 Å². The Morgan fingerprint density at radius 2 is 1.90 bits per heavy atom. The van der Waals surface area contributed by atoms with Crippen LogP contribution in [0.2, 0.25) is 0 Å². The van der Waals surface area contributed by atoms with Gasteiger partial charge in [0.05, 0.1) is 11.3 Å². The molecule has 0 spiro atoms. The summed E-state index contributed by atoms with van der Waals surface area (Å²) in [5.41, 5.74) is 1.35. The predicted octanol–water partition coefficient (Wildman–Crippen LogP) is 4.29. The van der Waals surface area contributed by atoms with Crippen molar-refractivity contribution in [3.8, 4) is 11.3 Å². The summed E-state index contributed by atoms with van der Waals surface area (Å²) in [6.07, 6.45) is 1.33. The minimum absolute atomic E-state index is 0.0366. The standard InChI is InChI=1S/C16H19F2N3/c1-5-19-16-12(9(2)3)15(20-8-21-16)13-11(17)7-6-10(4)14(13)18/h6-9H,5H2,1-4H3,(H,19,20,21). The molecule has 0 bridgehead atoms. The van der Waals surface area contributed by atoms with E-state index >= 15 is 0 Å². The topological polar surface area (TPSA) is 37.8 Å². The van der Waals surface area contributed by atoms with E-state index in [-0.39, 0.29) is 11.5 Å². The maximum absolute atomic E-state index is 14.4. The van der Waals surface area contributed by atoms with Crippen molar-refractivity contribution in [2.24, 2.45) is 0 Å². The Labute approximate surface area is 123 Å². The van der Waals surface area contributed by atoms with Crippen molar-refractivity contribution in [1.29, 1.82) is 0 Å². The molecule has 0 saturated heterocycles. The van der Waals surface area contributed by atoms with Gasteiger partial charge in [-0.1, -0.05) is 19.9 Å². The molecular weight excluding hydrogens is 272 g/mol. The third kappa shape index (κ3) is 2.86. The van der Waals surface area contributed by atoms with Crippen LogP contribution >= 0.6 is 0 Å². The van der Waals surface area contributed by atoms with Gasteiger partial charge in [-0.15, -0.1) is 0 Å². The van der Waals surface area contributed by atoms with Crippen LogP contribution in [0.1, 0.15) is 37.8 Å². The number of benzene rings is 1. The van der Waals surface area contributed by atoms with Gasteiger partial charge in [-0.2, -0.15) is 0 Å². The van der Waals surface area contributed by atoms with Crippen LogP contribution in [-0.4, -0.2) is 16.5 Å². The van der Waals surface area contributed by atoms with E-state index in [1.54, 1.807) is 6.92 Å². The maximum Gasteiger partial charge on any atom is 0.138 e. The summed E-state index contributed by atoms with van der Waals surface area (Å²) >= 11 is 0. The molecule has 0 unspecified atom stereocenters. The molecule has 0 radical (unpaired) electrons. The molecule has 0 aliphatic rings. The van der Waals surface area contributed by atoms with Crippen LogP contribution in [0.3, 0.4) is 0 Å². The molecule has 5 heteroatoms. The molecule has 0 amide bonds. The number of aromatic nitrogens is 2. The van der Waals surface area contributed by atoms with Crippen molar-refractivity contribution in [2.75, 3.05) is 11.9 Å². The van der Waals surface area contributed by atoms with Gasteiger partial charge in [-0.05, 0) is 31.4 Å². The largest absolute Gasteiger partial charge is 0.370 e. The molecule has 1 aromatic heterocycles. The highest BCUT2D eigenvalue weighted by Gasteiger charge is 2.22. The Hall–Kier alpha value is -2.04. The average molecular weight is 291 g/mol. The van der Waals surface area contributed by atoms with Crippen molar-refractivity contribution >= 4 is 5.82 Å². The number of anilines is 1. The van der Waals surface area contributed by atoms with Crippen LogP contribution in [0.25, 0.3) is 11.3 Å². The lowest BCUT2D eigenvalue weighted by molar-refractivity contribution is 0.582. The monoisotopic (exact) mass is 291 g/mol. The highest BCUT2D eigenvalue weighted by molar-refractivity contribution is 5.70. The molecule has 0 aliphatic carbocycles. The van der Waals surface area contributed by atoms with E-state index in [9.17, 15) is 8.78 Å². The zero-order valence-corrected chi connectivity index (χ0v) is 12.7. The Morgan fingerprint density at radius 1 is 1.19 bits per heavy atom. The molecule has 21 heavy (non-hydrogen) atoms. The van der Waals surface area contributed by atoms with E-state index in [0.717, 1.165) is 5.56 Å². The van der Waals surface area contributed by atoms with Crippen LogP contribution < -0.4 is 5.32 Å². The van der Waals surface area contributed by atoms with Gasteiger partial charge in [0.2, 0.25) is 0 Å². The Kier molecular flexibility index (Phi) is 4.50. The zero-order chi connectivity index (χ0) is 15.6. The first-order valence-electron chi connectivity index (χ1n) is 7.01. The van der Waals surface area contributed by atoms with E-state index in [1.807, 2.05) is 20.8 Å². The fraction of sp³-hybridized carbons (Fsp3) is 0.375. The molecule has 2 rings (SSSR count). The fourth-order valence-electron chi connectivity index (χ4n) is 2.32. The molecule has 3 nitrogen and oxygen atoms in total. The van der Waals surface area contributed by atoms with Crippen molar-refractivity contribution in [3.05, 3.63) is 41.2 Å². The summed E-state index contributed by atoms with van der Waals surface area (Å²) in [5, 5.41) is 3.13. The third-order valence-corrected chi connectivity index (χ3v) is 3.33. The van der Waals surface area contributed by atoms with E-state index < -0.39 is 11.6 Å². The first-order valence-corrected chi connectivity index (χ1v) is 7.01. The van der Waals surface area contributed by atoms with E-state index in [0.29, 0.717) is 23.6 Å². The van der Waals surface area contributed by atoms with Crippen molar-refractivity contribution in [3.63, 3.8) is 0 Å². The average Bonchev–Trinajstić information content (AvgIpc) is 2.44. The lowest BCUT2D eigenvalue weighted by Gasteiger charge is -2.17. The molecule has 0 fully saturated rings. The summed E-state index contributed by atoms with van der Waals surface area (Å²) in [5.74, 6) is -0.522. The van der Waals surface area contributed by atoms with Crippen LogP contribution in [0.5, 0.6) is 0 Å². The zero-order valence-electron chi connectivity index (χ0n) is 12.7. The van der Waals surface area contributed by atoms with Crippen LogP contribution in [-0.2, 0) is 0 Å². The number of aryl methyl sites for hydroxylation is 1. The van der Waals surface area contributed by atoms with Gasteiger partial charge in [-0.25, -0.2) is 18.7 Å². The number of rotatable bonds is 4. The summed E-state index contributed by atoms with van der Waals surface area (Å²) in [4.78, 5) is 8.34. The number of hydrogen-bond acceptors (Lipinski definition) is 3. The summed E-state index contributed by atoms with van der Waals surface area (Å²) in [6, 6.07) is 2.70. The molecule has 1 aromatic carbocycles. The molecule has 2 aromatic rings. The van der Waals surface area contributed by atoms with Crippen LogP contribution in [0.15, 0.2) is 18.5 Å². The highest BCUT2D eigenvalue weighted by atomic mass is 19.1. The second-order valence-electron chi connectivity index (χ2n) is 5.22. The van der Waals surface area contributed by atoms with Gasteiger partial charge < -0.3 is 5.32 Å². The van der Waals surface area contributed by atoms with Gasteiger partial charge in [0.25, 0.3) is 0 Å². The first kappa shape index (κ1) is 15.4. The lowest BCUT2D eigenvalue weighted by Crippen LogP contribution is -2.09. The van der Waals surface area contributed by atoms with Gasteiger partial charge in [0.1, 0.15) is 23.8 Å². The Balaban J connectivity index is 2.75. The van der Waals surface area contributed by atoms with Crippen molar-refractivity contribution in [1.82, 2.24) is 9.97 Å². The minimum atomic E-state index is -0.610. The molecule has 0 aliphatic heterocycles. The van der Waals surface area contributed by atoms with Gasteiger partial charge in [0.15, 0.2) is 0 Å². The summed E-state index contributed by atoms with van der Waals surface area (Å²) in [7, 11) is 0. The van der Waals surface area contributed by atoms with Gasteiger partial charge in [0, 0.05) is 12.1 Å². The minimum Gasteiger partial charge on any atom is -0.370 e. The fourth-order valence-corrected chi connectivity index (χ4v) is 2.32. The van der Waals surface area contributed by atoms with Crippen LogP contribution in [0, 0.1) is 18.6 Å². The second kappa shape index (κ2) is 6.16. The van der Waals surface area contributed by atoms with E-state index in [2.05, 4.69) is 15.3 Å². The van der Waals surface area contributed by atoms with E-state index in [1.165, 1.54) is 18.5 Å². The normalized spacial score (nSPS) is 11.0. The number of nitrogens with one attached hydrogen (secondary N) is 1. The quantitative estimate of drug-likeness (QED) is 0.913. The SMILES string of the molecule is CCNc1ncnc(-c2c(F)ccc(C)c2F)c1C(C)C. The molecule has 112 valence electrons. The summed E-state index contributed by atoms with van der Waals surface area (Å²) in [6.45, 7) is 8.14. The third-order valence-electron chi connectivity index (χ3n) is 3.33.